The van der Waals surface area contributed by atoms with Crippen LogP contribution in [-0.2, 0) is 16.1 Å². The molecule has 2 heterocycles. The van der Waals surface area contributed by atoms with Gasteiger partial charge in [0, 0.05) is 56.8 Å². The lowest BCUT2D eigenvalue weighted by Crippen LogP contribution is -2.47. The van der Waals surface area contributed by atoms with Gasteiger partial charge in [0.1, 0.15) is 0 Å². The number of hydrogen-bond acceptors (Lipinski definition) is 5. The van der Waals surface area contributed by atoms with E-state index in [9.17, 15) is 9.59 Å². The van der Waals surface area contributed by atoms with Crippen LogP contribution in [0, 0.1) is 6.92 Å². The second-order valence-electron chi connectivity index (χ2n) is 6.60. The number of rotatable bonds is 5. The van der Waals surface area contributed by atoms with Gasteiger partial charge in [-0.15, -0.1) is 11.3 Å². The van der Waals surface area contributed by atoms with Crippen LogP contribution in [0.2, 0.25) is 0 Å². The average Bonchev–Trinajstić information content (AvgIpc) is 3.06. The number of piperazine rings is 1. The summed E-state index contributed by atoms with van der Waals surface area (Å²) < 4.78 is 0. The molecule has 1 saturated heterocycles. The van der Waals surface area contributed by atoms with Gasteiger partial charge in [0.15, 0.2) is 0 Å². The number of aryl methyl sites for hydroxylation is 1. The highest BCUT2D eigenvalue weighted by molar-refractivity contribution is 7.09. The largest absolute Gasteiger partial charge is 0.337 e. The quantitative estimate of drug-likeness (QED) is 0.805. The Morgan fingerprint density at radius 2 is 1.89 bits per heavy atom. The summed E-state index contributed by atoms with van der Waals surface area (Å²) >= 11 is 1.67. The summed E-state index contributed by atoms with van der Waals surface area (Å²) in [7, 11) is 0. The molecule has 1 aliphatic heterocycles. The van der Waals surface area contributed by atoms with Crippen molar-refractivity contribution >= 4 is 34.9 Å². The number of aromatic nitrogens is 1. The summed E-state index contributed by atoms with van der Waals surface area (Å²) in [6.07, 6.45) is 3.43. The number of thiazole rings is 1. The molecule has 0 saturated carbocycles. The third-order valence-electron chi connectivity index (χ3n) is 4.39. The number of hydrogen-bond donors (Lipinski definition) is 1. The number of carbonyl (C=O) groups is 2. The first-order valence-corrected chi connectivity index (χ1v) is 9.85. The van der Waals surface area contributed by atoms with Crippen LogP contribution in [0.25, 0.3) is 6.08 Å². The molecule has 1 fully saturated rings. The maximum atomic E-state index is 12.4. The number of carbonyl (C=O) groups excluding carboxylic acids is 2. The van der Waals surface area contributed by atoms with E-state index in [0.717, 1.165) is 54.7 Å². The van der Waals surface area contributed by atoms with Crippen LogP contribution < -0.4 is 5.32 Å². The van der Waals surface area contributed by atoms with Crippen molar-refractivity contribution in [3.63, 3.8) is 0 Å². The standard InChI is InChI=1S/C20H24N4O2S/c1-15(25)21-18-6-3-17(4-7-18)5-8-20(26)24-11-9-23(10-12-24)13-19-14-27-16(2)22-19/h3-8,14H,9-13H2,1-2H3,(H,21,25)/b8-5+. The van der Waals surface area contributed by atoms with E-state index in [1.807, 2.05) is 42.2 Å². The average molecular weight is 385 g/mol. The fraction of sp³-hybridized carbons (Fsp3) is 0.350. The molecule has 1 N–H and O–H groups in total. The Labute approximate surface area is 163 Å². The lowest BCUT2D eigenvalue weighted by atomic mass is 10.2. The first kappa shape index (κ1) is 19.3. The van der Waals surface area contributed by atoms with Gasteiger partial charge in [-0.2, -0.15) is 0 Å². The van der Waals surface area contributed by atoms with Gasteiger partial charge in [-0.05, 0) is 30.7 Å². The molecule has 2 amide bonds. The Kier molecular flexibility index (Phi) is 6.36. The lowest BCUT2D eigenvalue weighted by molar-refractivity contribution is -0.127. The molecule has 1 aromatic heterocycles. The zero-order chi connectivity index (χ0) is 19.2. The van der Waals surface area contributed by atoms with Crippen molar-refractivity contribution in [2.24, 2.45) is 0 Å². The number of amides is 2. The van der Waals surface area contributed by atoms with Gasteiger partial charge in [-0.3, -0.25) is 14.5 Å². The molecular weight excluding hydrogens is 360 g/mol. The number of anilines is 1. The predicted molar refractivity (Wildman–Crippen MR) is 108 cm³/mol. The fourth-order valence-corrected chi connectivity index (χ4v) is 3.59. The molecule has 2 aromatic rings. The maximum Gasteiger partial charge on any atom is 0.246 e. The van der Waals surface area contributed by atoms with Crippen LogP contribution in [0.4, 0.5) is 5.69 Å². The molecule has 3 rings (SSSR count). The Balaban J connectivity index is 1.47. The molecule has 0 unspecified atom stereocenters. The van der Waals surface area contributed by atoms with Crippen molar-refractivity contribution in [3.05, 3.63) is 52.0 Å². The highest BCUT2D eigenvalue weighted by atomic mass is 32.1. The summed E-state index contributed by atoms with van der Waals surface area (Å²) in [6, 6.07) is 7.40. The smallest absolute Gasteiger partial charge is 0.246 e. The Morgan fingerprint density at radius 3 is 2.48 bits per heavy atom. The minimum Gasteiger partial charge on any atom is -0.337 e. The van der Waals surface area contributed by atoms with Gasteiger partial charge in [-0.25, -0.2) is 4.98 Å². The van der Waals surface area contributed by atoms with Crippen LogP contribution >= 0.6 is 11.3 Å². The van der Waals surface area contributed by atoms with Crippen LogP contribution in [0.3, 0.4) is 0 Å². The summed E-state index contributed by atoms with van der Waals surface area (Å²) in [6.45, 7) is 7.53. The molecule has 0 bridgehead atoms. The van der Waals surface area contributed by atoms with E-state index in [1.165, 1.54) is 6.92 Å². The second-order valence-corrected chi connectivity index (χ2v) is 7.66. The lowest BCUT2D eigenvalue weighted by Gasteiger charge is -2.33. The Hall–Kier alpha value is -2.51. The van der Waals surface area contributed by atoms with E-state index >= 15 is 0 Å². The molecule has 1 aliphatic rings. The van der Waals surface area contributed by atoms with Crippen molar-refractivity contribution < 1.29 is 9.59 Å². The molecule has 7 heteroatoms. The zero-order valence-electron chi connectivity index (χ0n) is 15.6. The second kappa shape index (κ2) is 8.92. The SMILES string of the molecule is CC(=O)Nc1ccc(/C=C/C(=O)N2CCN(Cc3csc(C)n3)CC2)cc1. The molecule has 0 spiro atoms. The van der Waals surface area contributed by atoms with E-state index in [2.05, 4.69) is 20.6 Å². The first-order chi connectivity index (χ1) is 13.0. The third-order valence-corrected chi connectivity index (χ3v) is 5.21. The van der Waals surface area contributed by atoms with Gasteiger partial charge in [-0.1, -0.05) is 12.1 Å². The minimum absolute atomic E-state index is 0.0325. The van der Waals surface area contributed by atoms with Crippen molar-refractivity contribution in [1.29, 1.82) is 0 Å². The van der Waals surface area contributed by atoms with Gasteiger partial charge >= 0.3 is 0 Å². The van der Waals surface area contributed by atoms with Crippen LogP contribution in [-0.4, -0.2) is 52.8 Å². The molecule has 0 atom stereocenters. The highest BCUT2D eigenvalue weighted by Gasteiger charge is 2.20. The summed E-state index contributed by atoms with van der Waals surface area (Å²) in [5, 5.41) is 5.92. The van der Waals surface area contributed by atoms with Crippen LogP contribution in [0.5, 0.6) is 0 Å². The summed E-state index contributed by atoms with van der Waals surface area (Å²) in [5.41, 5.74) is 2.78. The van der Waals surface area contributed by atoms with E-state index in [-0.39, 0.29) is 11.8 Å². The molecule has 1 aromatic carbocycles. The van der Waals surface area contributed by atoms with E-state index < -0.39 is 0 Å². The highest BCUT2D eigenvalue weighted by Crippen LogP contribution is 2.13. The Bertz CT molecular complexity index is 821. The summed E-state index contributed by atoms with van der Waals surface area (Å²) in [5.74, 6) is -0.0670. The normalized spacial score (nSPS) is 15.3. The number of benzene rings is 1. The fourth-order valence-electron chi connectivity index (χ4n) is 2.99. The van der Waals surface area contributed by atoms with Crippen LogP contribution in [0.1, 0.15) is 23.2 Å². The number of nitrogens with zero attached hydrogens (tertiary/aromatic N) is 3. The van der Waals surface area contributed by atoms with Gasteiger partial charge in [0.05, 0.1) is 10.7 Å². The van der Waals surface area contributed by atoms with Gasteiger partial charge < -0.3 is 10.2 Å². The van der Waals surface area contributed by atoms with Gasteiger partial charge in [0.2, 0.25) is 11.8 Å². The van der Waals surface area contributed by atoms with Crippen molar-refractivity contribution in [2.45, 2.75) is 20.4 Å². The monoisotopic (exact) mass is 384 g/mol. The third kappa shape index (κ3) is 5.74. The molecule has 0 radical (unpaired) electrons. The molecule has 6 nitrogen and oxygen atoms in total. The molecular formula is C20H24N4O2S. The minimum atomic E-state index is -0.0995. The van der Waals surface area contributed by atoms with E-state index in [0.29, 0.717) is 0 Å². The molecule has 27 heavy (non-hydrogen) atoms. The van der Waals surface area contributed by atoms with E-state index in [4.69, 9.17) is 0 Å². The molecule has 142 valence electrons. The topological polar surface area (TPSA) is 65.5 Å². The Morgan fingerprint density at radius 1 is 1.19 bits per heavy atom. The number of nitrogens with one attached hydrogen (secondary N) is 1. The molecule has 0 aliphatic carbocycles. The van der Waals surface area contributed by atoms with Crippen molar-refractivity contribution in [2.75, 3.05) is 31.5 Å². The maximum absolute atomic E-state index is 12.4. The summed E-state index contributed by atoms with van der Waals surface area (Å²) in [4.78, 5) is 32.2. The van der Waals surface area contributed by atoms with Gasteiger partial charge in [0.25, 0.3) is 0 Å². The van der Waals surface area contributed by atoms with Crippen LogP contribution in [0.15, 0.2) is 35.7 Å². The van der Waals surface area contributed by atoms with E-state index in [1.54, 1.807) is 17.4 Å². The van der Waals surface area contributed by atoms with Crippen molar-refractivity contribution in [1.82, 2.24) is 14.8 Å². The zero-order valence-corrected chi connectivity index (χ0v) is 16.5. The van der Waals surface area contributed by atoms with Crippen molar-refractivity contribution in [3.8, 4) is 0 Å². The predicted octanol–water partition coefficient (Wildman–Crippen LogP) is 2.77. The first-order valence-electron chi connectivity index (χ1n) is 8.97.